The Kier molecular flexibility index (Phi) is 4.46. The van der Waals surface area contributed by atoms with E-state index in [0.29, 0.717) is 10.5 Å². The summed E-state index contributed by atoms with van der Waals surface area (Å²) in [5, 5.41) is 1.05. The van der Waals surface area contributed by atoms with E-state index in [1.165, 1.54) is 0 Å². The van der Waals surface area contributed by atoms with Crippen LogP contribution in [0, 0.1) is 5.92 Å². The van der Waals surface area contributed by atoms with Crippen molar-refractivity contribution in [2.24, 2.45) is 11.7 Å². The van der Waals surface area contributed by atoms with E-state index in [-0.39, 0.29) is 17.9 Å². The number of nitrogens with two attached hydrogens (primary N) is 1. The Hall–Kier alpha value is -0.220. The molecule has 1 fully saturated rings. The molecule has 4 heteroatoms. The molecule has 88 valence electrons. The molecule has 0 aromatic heterocycles. The average Bonchev–Trinajstić information content (AvgIpc) is 2.13. The lowest BCUT2D eigenvalue weighted by atomic mass is 10.0. The van der Waals surface area contributed by atoms with Crippen molar-refractivity contribution in [3.8, 4) is 0 Å². The van der Waals surface area contributed by atoms with Gasteiger partial charge in [0.1, 0.15) is 0 Å². The van der Waals surface area contributed by atoms with Crippen LogP contribution in [0.5, 0.6) is 0 Å². The molecule has 15 heavy (non-hydrogen) atoms. The zero-order chi connectivity index (χ0) is 11.6. The average molecular weight is 230 g/mol. The number of carbonyl (C=O) groups excluding carboxylic acids is 1. The SMILES string of the molecule is CC1CN(C(=O)C(N)C(C)C)CC(C)S1. The van der Waals surface area contributed by atoms with Crippen LogP contribution in [0.2, 0.25) is 0 Å². The predicted octanol–water partition coefficient (Wildman–Crippen LogP) is 1.32. The van der Waals surface area contributed by atoms with Crippen molar-refractivity contribution in [3.63, 3.8) is 0 Å². The van der Waals surface area contributed by atoms with Crippen molar-refractivity contribution in [1.82, 2.24) is 4.90 Å². The quantitative estimate of drug-likeness (QED) is 0.778. The number of rotatable bonds is 2. The third-order valence-electron chi connectivity index (χ3n) is 2.73. The van der Waals surface area contributed by atoms with Crippen molar-refractivity contribution >= 4 is 17.7 Å². The number of carbonyl (C=O) groups is 1. The summed E-state index contributed by atoms with van der Waals surface area (Å²) in [5.74, 6) is 0.335. The fourth-order valence-corrected chi connectivity index (χ4v) is 3.18. The molecule has 0 spiro atoms. The minimum absolute atomic E-state index is 0.115. The minimum Gasteiger partial charge on any atom is -0.339 e. The Balaban J connectivity index is 2.59. The lowest BCUT2D eigenvalue weighted by Gasteiger charge is -2.36. The van der Waals surface area contributed by atoms with E-state index in [0.717, 1.165) is 13.1 Å². The molecule has 1 amide bonds. The third kappa shape index (κ3) is 3.38. The Morgan fingerprint density at radius 3 is 2.20 bits per heavy atom. The highest BCUT2D eigenvalue weighted by Crippen LogP contribution is 2.25. The van der Waals surface area contributed by atoms with Crippen LogP contribution in [0.4, 0.5) is 0 Å². The number of thioether (sulfide) groups is 1. The molecule has 2 N–H and O–H groups in total. The Labute approximate surface area is 96.8 Å². The van der Waals surface area contributed by atoms with Crippen molar-refractivity contribution in [2.75, 3.05) is 13.1 Å². The van der Waals surface area contributed by atoms with Gasteiger partial charge in [0.2, 0.25) is 5.91 Å². The van der Waals surface area contributed by atoms with Crippen LogP contribution < -0.4 is 5.73 Å². The maximum atomic E-state index is 12.0. The van der Waals surface area contributed by atoms with Gasteiger partial charge in [-0.2, -0.15) is 11.8 Å². The smallest absolute Gasteiger partial charge is 0.239 e. The Morgan fingerprint density at radius 1 is 1.33 bits per heavy atom. The van der Waals surface area contributed by atoms with Crippen LogP contribution in [-0.2, 0) is 4.79 Å². The maximum absolute atomic E-state index is 12.0. The second-order valence-electron chi connectivity index (χ2n) is 4.77. The number of hydrogen-bond acceptors (Lipinski definition) is 3. The summed E-state index contributed by atoms with van der Waals surface area (Å²) in [4.78, 5) is 13.9. The molecule has 1 aliphatic heterocycles. The molecular formula is C11H22N2OS. The maximum Gasteiger partial charge on any atom is 0.239 e. The van der Waals surface area contributed by atoms with Crippen LogP contribution in [0.15, 0.2) is 0 Å². The summed E-state index contributed by atoms with van der Waals surface area (Å²) < 4.78 is 0. The number of nitrogens with zero attached hydrogens (tertiary/aromatic N) is 1. The molecule has 3 unspecified atom stereocenters. The van der Waals surface area contributed by atoms with Crippen LogP contribution in [-0.4, -0.2) is 40.4 Å². The summed E-state index contributed by atoms with van der Waals surface area (Å²) in [7, 11) is 0. The van der Waals surface area contributed by atoms with E-state index in [2.05, 4.69) is 13.8 Å². The van der Waals surface area contributed by atoms with Gasteiger partial charge in [0.05, 0.1) is 6.04 Å². The van der Waals surface area contributed by atoms with Crippen molar-refractivity contribution in [2.45, 2.75) is 44.2 Å². The fraction of sp³-hybridized carbons (Fsp3) is 0.909. The van der Waals surface area contributed by atoms with Gasteiger partial charge in [0.25, 0.3) is 0 Å². The van der Waals surface area contributed by atoms with Crippen molar-refractivity contribution < 1.29 is 4.79 Å². The molecule has 0 aliphatic carbocycles. The van der Waals surface area contributed by atoms with E-state index < -0.39 is 0 Å². The third-order valence-corrected chi connectivity index (χ3v) is 3.96. The number of hydrogen-bond donors (Lipinski definition) is 1. The zero-order valence-corrected chi connectivity index (χ0v) is 10.9. The standard InChI is InChI=1S/C11H22N2OS/c1-7(2)10(12)11(14)13-5-8(3)15-9(4)6-13/h7-10H,5-6,12H2,1-4H3. The molecule has 1 aliphatic rings. The van der Waals surface area contributed by atoms with Gasteiger partial charge in [-0.3, -0.25) is 4.79 Å². The lowest BCUT2D eigenvalue weighted by Crippen LogP contribution is -2.52. The summed E-state index contributed by atoms with van der Waals surface area (Å²) in [6.45, 7) is 10.0. The molecule has 1 heterocycles. The van der Waals surface area contributed by atoms with E-state index in [4.69, 9.17) is 5.73 Å². The van der Waals surface area contributed by atoms with Gasteiger partial charge in [-0.1, -0.05) is 27.7 Å². The van der Waals surface area contributed by atoms with E-state index in [1.54, 1.807) is 0 Å². The number of amides is 1. The van der Waals surface area contributed by atoms with Crippen LogP contribution in [0.1, 0.15) is 27.7 Å². The Morgan fingerprint density at radius 2 is 1.80 bits per heavy atom. The Bertz CT molecular complexity index is 223. The summed E-state index contributed by atoms with van der Waals surface area (Å²) in [6.07, 6.45) is 0. The van der Waals surface area contributed by atoms with E-state index in [9.17, 15) is 4.79 Å². The fourth-order valence-electron chi connectivity index (χ4n) is 1.85. The first-order valence-corrected chi connectivity index (χ1v) is 6.56. The predicted molar refractivity (Wildman–Crippen MR) is 65.9 cm³/mol. The summed E-state index contributed by atoms with van der Waals surface area (Å²) in [5.41, 5.74) is 5.88. The molecule has 1 saturated heterocycles. The topological polar surface area (TPSA) is 46.3 Å². The highest BCUT2D eigenvalue weighted by atomic mass is 32.2. The van der Waals surface area contributed by atoms with Crippen molar-refractivity contribution in [1.29, 1.82) is 0 Å². The molecule has 0 saturated carbocycles. The van der Waals surface area contributed by atoms with Gasteiger partial charge < -0.3 is 10.6 Å². The lowest BCUT2D eigenvalue weighted by molar-refractivity contribution is -0.133. The van der Waals surface area contributed by atoms with Gasteiger partial charge in [-0.15, -0.1) is 0 Å². The normalized spacial score (nSPS) is 29.3. The van der Waals surface area contributed by atoms with Gasteiger partial charge in [-0.05, 0) is 5.92 Å². The summed E-state index contributed by atoms with van der Waals surface area (Å²) in [6, 6.07) is -0.340. The zero-order valence-electron chi connectivity index (χ0n) is 10.1. The van der Waals surface area contributed by atoms with Crippen LogP contribution in [0.25, 0.3) is 0 Å². The first-order chi connectivity index (χ1) is 6.91. The molecule has 0 aromatic carbocycles. The van der Waals surface area contributed by atoms with E-state index in [1.807, 2.05) is 30.5 Å². The summed E-state index contributed by atoms with van der Waals surface area (Å²) >= 11 is 1.95. The first-order valence-electron chi connectivity index (χ1n) is 5.61. The van der Waals surface area contributed by atoms with Gasteiger partial charge in [0.15, 0.2) is 0 Å². The van der Waals surface area contributed by atoms with Gasteiger partial charge in [-0.25, -0.2) is 0 Å². The molecule has 0 radical (unpaired) electrons. The molecule has 3 nitrogen and oxygen atoms in total. The second kappa shape index (κ2) is 5.21. The minimum atomic E-state index is -0.340. The van der Waals surface area contributed by atoms with Gasteiger partial charge >= 0.3 is 0 Å². The highest BCUT2D eigenvalue weighted by molar-refractivity contribution is 8.00. The molecule has 1 rings (SSSR count). The first kappa shape index (κ1) is 12.8. The van der Waals surface area contributed by atoms with Gasteiger partial charge in [0, 0.05) is 23.6 Å². The highest BCUT2D eigenvalue weighted by Gasteiger charge is 2.29. The second-order valence-corrected chi connectivity index (χ2v) is 6.65. The van der Waals surface area contributed by atoms with Crippen LogP contribution in [0.3, 0.4) is 0 Å². The molecular weight excluding hydrogens is 208 g/mol. The largest absolute Gasteiger partial charge is 0.339 e. The molecule has 0 aromatic rings. The van der Waals surface area contributed by atoms with E-state index >= 15 is 0 Å². The monoisotopic (exact) mass is 230 g/mol. The molecule has 3 atom stereocenters. The molecule has 0 bridgehead atoms. The van der Waals surface area contributed by atoms with Crippen LogP contribution >= 0.6 is 11.8 Å². The van der Waals surface area contributed by atoms with Crippen molar-refractivity contribution in [3.05, 3.63) is 0 Å².